The van der Waals surface area contributed by atoms with Crippen LogP contribution >= 0.6 is 11.6 Å². The number of carbonyl (C=O) groups is 1. The van der Waals surface area contributed by atoms with Crippen molar-refractivity contribution < 1.29 is 4.79 Å². The normalized spacial score (nSPS) is 11.8. The molecule has 2 aromatic carbocycles. The number of urea groups is 1. The molecule has 1 atom stereocenters. The van der Waals surface area contributed by atoms with Gasteiger partial charge in [0, 0.05) is 18.6 Å². The van der Waals surface area contributed by atoms with Gasteiger partial charge in [-0.15, -0.1) is 0 Å². The molecule has 0 spiro atoms. The van der Waals surface area contributed by atoms with Crippen LogP contribution in [0.3, 0.4) is 0 Å². The molecule has 26 heavy (non-hydrogen) atoms. The maximum absolute atomic E-state index is 12.4. The summed E-state index contributed by atoms with van der Waals surface area (Å²) in [4.78, 5) is 18.0. The van der Waals surface area contributed by atoms with Crippen LogP contribution in [0.4, 0.5) is 4.79 Å². The van der Waals surface area contributed by atoms with E-state index in [0.29, 0.717) is 11.6 Å². The molecule has 7 heteroatoms. The van der Waals surface area contributed by atoms with Crippen LogP contribution in [0.15, 0.2) is 61.2 Å². The van der Waals surface area contributed by atoms with Gasteiger partial charge in [0.15, 0.2) is 0 Å². The second-order valence-corrected chi connectivity index (χ2v) is 6.46. The molecule has 0 aliphatic carbocycles. The second-order valence-electron chi connectivity index (χ2n) is 6.05. The van der Waals surface area contributed by atoms with Crippen molar-refractivity contribution in [3.8, 4) is 5.69 Å². The topological polar surface area (TPSA) is 63.1 Å². The lowest BCUT2D eigenvalue weighted by atomic mass is 10.1. The molecule has 134 valence electrons. The molecule has 0 fully saturated rings. The molecule has 0 radical (unpaired) electrons. The number of carbonyl (C=O) groups excluding carboxylic acids is 1. The summed E-state index contributed by atoms with van der Waals surface area (Å²) in [5.41, 5.74) is 2.84. The van der Waals surface area contributed by atoms with Gasteiger partial charge < -0.3 is 10.2 Å². The van der Waals surface area contributed by atoms with Gasteiger partial charge in [0.25, 0.3) is 0 Å². The van der Waals surface area contributed by atoms with E-state index in [4.69, 9.17) is 11.6 Å². The van der Waals surface area contributed by atoms with Crippen molar-refractivity contribution >= 4 is 17.6 Å². The van der Waals surface area contributed by atoms with E-state index in [1.54, 1.807) is 23.0 Å². The molecule has 3 aromatic rings. The minimum absolute atomic E-state index is 0.124. The minimum atomic E-state index is -0.155. The summed E-state index contributed by atoms with van der Waals surface area (Å²) < 4.78 is 1.68. The second kappa shape index (κ2) is 8.01. The fourth-order valence-electron chi connectivity index (χ4n) is 2.59. The SMILES string of the molecule is CC(NC(=O)N(C)Cc1ccccc1Cl)c1ccc(-n2cncn2)cc1. The zero-order chi connectivity index (χ0) is 18.5. The third kappa shape index (κ3) is 4.21. The first-order chi connectivity index (χ1) is 12.5. The van der Waals surface area contributed by atoms with Gasteiger partial charge in [-0.3, -0.25) is 0 Å². The summed E-state index contributed by atoms with van der Waals surface area (Å²) >= 11 is 6.16. The van der Waals surface area contributed by atoms with E-state index in [2.05, 4.69) is 15.4 Å². The summed E-state index contributed by atoms with van der Waals surface area (Å²) in [5, 5.41) is 7.75. The highest BCUT2D eigenvalue weighted by Crippen LogP contribution is 2.18. The van der Waals surface area contributed by atoms with Crippen molar-refractivity contribution in [2.45, 2.75) is 19.5 Å². The third-order valence-corrected chi connectivity index (χ3v) is 4.50. The third-order valence-electron chi connectivity index (χ3n) is 4.13. The monoisotopic (exact) mass is 369 g/mol. The van der Waals surface area contributed by atoms with Crippen LogP contribution in [-0.2, 0) is 6.54 Å². The van der Waals surface area contributed by atoms with Gasteiger partial charge in [0.2, 0.25) is 0 Å². The van der Waals surface area contributed by atoms with E-state index in [-0.39, 0.29) is 12.1 Å². The highest BCUT2D eigenvalue weighted by molar-refractivity contribution is 6.31. The zero-order valence-electron chi connectivity index (χ0n) is 14.6. The van der Waals surface area contributed by atoms with Crippen LogP contribution in [0.5, 0.6) is 0 Å². The van der Waals surface area contributed by atoms with Crippen molar-refractivity contribution in [1.82, 2.24) is 25.0 Å². The summed E-state index contributed by atoms with van der Waals surface area (Å²) in [6.07, 6.45) is 3.13. The highest BCUT2D eigenvalue weighted by atomic mass is 35.5. The Balaban J connectivity index is 1.60. The van der Waals surface area contributed by atoms with E-state index >= 15 is 0 Å². The van der Waals surface area contributed by atoms with Crippen LogP contribution in [0.2, 0.25) is 5.02 Å². The molecule has 0 aliphatic rings. The molecule has 1 N–H and O–H groups in total. The van der Waals surface area contributed by atoms with Crippen molar-refractivity contribution in [2.75, 3.05) is 7.05 Å². The molecule has 0 bridgehead atoms. The molecule has 1 unspecified atom stereocenters. The largest absolute Gasteiger partial charge is 0.331 e. The molecule has 1 heterocycles. The number of hydrogen-bond donors (Lipinski definition) is 1. The Morgan fingerprint density at radius 2 is 1.96 bits per heavy atom. The molecular weight excluding hydrogens is 350 g/mol. The number of rotatable bonds is 5. The molecule has 6 nitrogen and oxygen atoms in total. The lowest BCUT2D eigenvalue weighted by molar-refractivity contribution is 0.203. The zero-order valence-corrected chi connectivity index (χ0v) is 15.4. The van der Waals surface area contributed by atoms with Crippen LogP contribution in [0.1, 0.15) is 24.1 Å². The summed E-state index contributed by atoms with van der Waals surface area (Å²) in [5.74, 6) is 0. The molecule has 2 amide bonds. The van der Waals surface area contributed by atoms with Gasteiger partial charge in [-0.1, -0.05) is 41.9 Å². The standard InChI is InChI=1S/C19H20ClN5O/c1-14(15-7-9-17(10-8-15)25-13-21-12-22-25)23-19(26)24(2)11-16-5-3-4-6-18(16)20/h3-10,12-14H,11H2,1-2H3,(H,23,26). The first-order valence-corrected chi connectivity index (χ1v) is 8.62. The van der Waals surface area contributed by atoms with Crippen LogP contribution in [0, 0.1) is 0 Å². The first-order valence-electron chi connectivity index (χ1n) is 8.24. The van der Waals surface area contributed by atoms with Crippen molar-refractivity contribution in [1.29, 1.82) is 0 Å². The number of nitrogens with zero attached hydrogens (tertiary/aromatic N) is 4. The van der Waals surface area contributed by atoms with Crippen molar-refractivity contribution in [3.05, 3.63) is 77.3 Å². The average Bonchev–Trinajstić information content (AvgIpc) is 3.18. The highest BCUT2D eigenvalue weighted by Gasteiger charge is 2.14. The maximum atomic E-state index is 12.4. The molecule has 0 saturated heterocycles. The first kappa shape index (κ1) is 17.9. The minimum Gasteiger partial charge on any atom is -0.331 e. The van der Waals surface area contributed by atoms with Crippen molar-refractivity contribution in [2.24, 2.45) is 0 Å². The fourth-order valence-corrected chi connectivity index (χ4v) is 2.79. The van der Waals surface area contributed by atoms with Gasteiger partial charge in [-0.05, 0) is 36.2 Å². The van der Waals surface area contributed by atoms with Gasteiger partial charge in [0.05, 0.1) is 11.7 Å². The van der Waals surface area contributed by atoms with E-state index in [1.807, 2.05) is 55.5 Å². The molecular formula is C19H20ClN5O. The Hall–Kier alpha value is -2.86. The Labute approximate surface area is 157 Å². The lowest BCUT2D eigenvalue weighted by Gasteiger charge is -2.22. The number of hydrogen-bond acceptors (Lipinski definition) is 3. The molecule has 0 aliphatic heterocycles. The molecule has 1 aromatic heterocycles. The number of aromatic nitrogens is 3. The van der Waals surface area contributed by atoms with E-state index in [9.17, 15) is 4.79 Å². The van der Waals surface area contributed by atoms with Gasteiger partial charge >= 0.3 is 6.03 Å². The summed E-state index contributed by atoms with van der Waals surface area (Å²) in [6.45, 7) is 2.40. The number of benzene rings is 2. The van der Waals surface area contributed by atoms with Crippen LogP contribution in [0.25, 0.3) is 5.69 Å². The Morgan fingerprint density at radius 3 is 2.62 bits per heavy atom. The smallest absolute Gasteiger partial charge is 0.317 e. The molecule has 0 saturated carbocycles. The lowest BCUT2D eigenvalue weighted by Crippen LogP contribution is -2.38. The predicted molar refractivity (Wildman–Crippen MR) is 101 cm³/mol. The fraction of sp³-hybridized carbons (Fsp3) is 0.211. The average molecular weight is 370 g/mol. The number of amides is 2. The van der Waals surface area contributed by atoms with Gasteiger partial charge in [-0.25, -0.2) is 14.5 Å². The Bertz CT molecular complexity index is 864. The van der Waals surface area contributed by atoms with Crippen LogP contribution in [-0.4, -0.2) is 32.7 Å². The van der Waals surface area contributed by atoms with E-state index < -0.39 is 0 Å². The predicted octanol–water partition coefficient (Wildman–Crippen LogP) is 3.82. The van der Waals surface area contributed by atoms with Gasteiger partial charge in [0.1, 0.15) is 12.7 Å². The number of nitrogens with one attached hydrogen (secondary N) is 1. The quantitative estimate of drug-likeness (QED) is 0.743. The summed E-state index contributed by atoms with van der Waals surface area (Å²) in [6, 6.07) is 15.1. The van der Waals surface area contributed by atoms with E-state index in [0.717, 1.165) is 16.8 Å². The van der Waals surface area contributed by atoms with Gasteiger partial charge in [-0.2, -0.15) is 5.10 Å². The Morgan fingerprint density at radius 1 is 1.23 bits per heavy atom. The molecule has 3 rings (SSSR count). The number of halogens is 1. The Kier molecular flexibility index (Phi) is 5.53. The maximum Gasteiger partial charge on any atom is 0.317 e. The van der Waals surface area contributed by atoms with E-state index in [1.165, 1.54) is 6.33 Å². The summed E-state index contributed by atoms with van der Waals surface area (Å²) in [7, 11) is 1.75. The van der Waals surface area contributed by atoms with Crippen LogP contribution < -0.4 is 5.32 Å². The van der Waals surface area contributed by atoms with Crippen molar-refractivity contribution in [3.63, 3.8) is 0 Å².